The smallest absolute Gasteiger partial charge is 0.270 e. The van der Waals surface area contributed by atoms with Gasteiger partial charge in [0.1, 0.15) is 11.3 Å². The molecular formula is C25H28N4O2S2. The number of thiazole rings is 1. The molecule has 0 bridgehead atoms. The molecule has 1 fully saturated rings. The molecule has 1 aliphatic rings. The van der Waals surface area contributed by atoms with Gasteiger partial charge in [0.2, 0.25) is 0 Å². The number of para-hydroxylation sites is 1. The number of likely N-dealkylation sites (tertiary alicyclic amines) is 1. The maximum atomic E-state index is 13.3. The van der Waals surface area contributed by atoms with Gasteiger partial charge in [0.25, 0.3) is 5.91 Å². The Bertz CT molecular complexity index is 1180. The van der Waals surface area contributed by atoms with Gasteiger partial charge in [-0.05, 0) is 63.6 Å². The largest absolute Gasteiger partial charge is 0.454 e. The topological polar surface area (TPSA) is 52.8 Å². The summed E-state index contributed by atoms with van der Waals surface area (Å²) in [5, 5.41) is 5.69. The first-order valence-electron chi connectivity index (χ1n) is 11.3. The molecule has 0 radical (unpaired) electrons. The van der Waals surface area contributed by atoms with Gasteiger partial charge in [-0.3, -0.25) is 9.69 Å². The summed E-state index contributed by atoms with van der Waals surface area (Å²) in [7, 11) is 4.30. The number of fused-ring (bicyclic) bond motifs is 1. The SMILES string of the molecule is CN(C)C1CCN(CCCN(C(=O)c2cccs2)c2nc(-c3cc4ccccc4o3)cs2)C1. The number of anilines is 1. The zero-order chi connectivity index (χ0) is 22.8. The molecule has 1 amide bonds. The van der Waals surface area contributed by atoms with Crippen LogP contribution in [0.1, 0.15) is 22.5 Å². The molecule has 172 valence electrons. The van der Waals surface area contributed by atoms with Crippen molar-refractivity contribution < 1.29 is 9.21 Å². The Morgan fingerprint density at radius 2 is 2.09 bits per heavy atom. The van der Waals surface area contributed by atoms with Crippen molar-refractivity contribution in [1.29, 1.82) is 0 Å². The van der Waals surface area contributed by atoms with E-state index in [2.05, 4.69) is 23.9 Å². The van der Waals surface area contributed by atoms with E-state index >= 15 is 0 Å². The number of carbonyl (C=O) groups is 1. The molecular weight excluding hydrogens is 452 g/mol. The highest BCUT2D eigenvalue weighted by molar-refractivity contribution is 7.14. The minimum Gasteiger partial charge on any atom is -0.454 e. The number of carbonyl (C=O) groups excluding carboxylic acids is 1. The second-order valence-electron chi connectivity index (χ2n) is 8.66. The fraction of sp³-hybridized carbons (Fsp3) is 0.360. The summed E-state index contributed by atoms with van der Waals surface area (Å²) in [4.78, 5) is 25.5. The molecule has 1 unspecified atom stereocenters. The van der Waals surface area contributed by atoms with Crippen molar-refractivity contribution in [1.82, 2.24) is 14.8 Å². The molecule has 8 heteroatoms. The Hall–Kier alpha value is -2.52. The molecule has 1 aliphatic heterocycles. The van der Waals surface area contributed by atoms with Crippen molar-refractivity contribution in [2.75, 3.05) is 45.2 Å². The van der Waals surface area contributed by atoms with Gasteiger partial charge in [-0.25, -0.2) is 4.98 Å². The Morgan fingerprint density at radius 3 is 2.85 bits per heavy atom. The number of amides is 1. The van der Waals surface area contributed by atoms with Crippen LogP contribution in [0.3, 0.4) is 0 Å². The van der Waals surface area contributed by atoms with Crippen LogP contribution in [-0.4, -0.2) is 67.0 Å². The van der Waals surface area contributed by atoms with Crippen LogP contribution in [-0.2, 0) is 0 Å². The van der Waals surface area contributed by atoms with E-state index in [0.29, 0.717) is 12.6 Å². The fourth-order valence-electron chi connectivity index (χ4n) is 4.32. The second-order valence-corrected chi connectivity index (χ2v) is 10.4. The molecule has 0 aliphatic carbocycles. The summed E-state index contributed by atoms with van der Waals surface area (Å²) in [5.41, 5.74) is 1.61. The highest BCUT2D eigenvalue weighted by atomic mass is 32.1. The number of aromatic nitrogens is 1. The number of nitrogens with zero attached hydrogens (tertiary/aromatic N) is 4. The van der Waals surface area contributed by atoms with E-state index in [4.69, 9.17) is 9.40 Å². The standard InChI is InChI=1S/C25H28N4O2S2/c1-27(2)19-10-13-28(16-19)11-6-12-29(24(30)23-9-5-14-32-23)25-26-20(17-33-25)22-15-18-7-3-4-8-21(18)31-22/h3-5,7-9,14-15,17,19H,6,10-13,16H2,1-2H3. The molecule has 0 saturated carbocycles. The summed E-state index contributed by atoms with van der Waals surface area (Å²) < 4.78 is 5.99. The monoisotopic (exact) mass is 480 g/mol. The molecule has 5 rings (SSSR count). The third-order valence-corrected chi connectivity index (χ3v) is 7.93. The first-order valence-corrected chi connectivity index (χ1v) is 13.0. The Labute approximate surface area is 202 Å². The summed E-state index contributed by atoms with van der Waals surface area (Å²) in [6, 6.07) is 14.4. The van der Waals surface area contributed by atoms with Crippen molar-refractivity contribution in [3.05, 3.63) is 58.1 Å². The summed E-state index contributed by atoms with van der Waals surface area (Å²) in [5.74, 6) is 0.747. The highest BCUT2D eigenvalue weighted by Crippen LogP contribution is 2.32. The molecule has 1 saturated heterocycles. The lowest BCUT2D eigenvalue weighted by molar-refractivity contribution is 0.0989. The van der Waals surface area contributed by atoms with Crippen LogP contribution < -0.4 is 4.90 Å². The normalized spacial score (nSPS) is 16.8. The van der Waals surface area contributed by atoms with E-state index in [1.54, 1.807) is 0 Å². The van der Waals surface area contributed by atoms with Crippen LogP contribution in [0.15, 0.2) is 57.6 Å². The van der Waals surface area contributed by atoms with Crippen LogP contribution >= 0.6 is 22.7 Å². The number of thiophene rings is 1. The number of hydrogen-bond donors (Lipinski definition) is 0. The van der Waals surface area contributed by atoms with Crippen LogP contribution in [0.5, 0.6) is 0 Å². The number of likely N-dealkylation sites (N-methyl/N-ethyl adjacent to an activating group) is 1. The van der Waals surface area contributed by atoms with Gasteiger partial charge in [-0.15, -0.1) is 22.7 Å². The lowest BCUT2D eigenvalue weighted by Crippen LogP contribution is -2.35. The first kappa shape index (κ1) is 22.3. The molecule has 1 aromatic carbocycles. The van der Waals surface area contributed by atoms with Crippen molar-refractivity contribution in [3.63, 3.8) is 0 Å². The van der Waals surface area contributed by atoms with Gasteiger partial charge in [0.05, 0.1) is 4.88 Å². The van der Waals surface area contributed by atoms with E-state index in [-0.39, 0.29) is 5.91 Å². The molecule has 33 heavy (non-hydrogen) atoms. The van der Waals surface area contributed by atoms with Gasteiger partial charge >= 0.3 is 0 Å². The van der Waals surface area contributed by atoms with Gasteiger partial charge in [-0.2, -0.15) is 0 Å². The molecule has 3 aromatic heterocycles. The highest BCUT2D eigenvalue weighted by Gasteiger charge is 2.25. The Balaban J connectivity index is 1.32. The number of rotatable bonds is 8. The van der Waals surface area contributed by atoms with E-state index in [0.717, 1.165) is 58.5 Å². The van der Waals surface area contributed by atoms with E-state index < -0.39 is 0 Å². The van der Waals surface area contributed by atoms with Crippen LogP contribution in [0.25, 0.3) is 22.4 Å². The zero-order valence-electron chi connectivity index (χ0n) is 18.9. The van der Waals surface area contributed by atoms with Gasteiger partial charge < -0.3 is 14.2 Å². The molecule has 1 atom stereocenters. The van der Waals surface area contributed by atoms with E-state index in [1.165, 1.54) is 29.1 Å². The third-order valence-electron chi connectivity index (χ3n) is 6.21. The maximum Gasteiger partial charge on any atom is 0.270 e. The minimum atomic E-state index is 0.0168. The number of hydrogen-bond acceptors (Lipinski definition) is 7. The summed E-state index contributed by atoms with van der Waals surface area (Å²) in [6.45, 7) is 3.85. The number of furan rings is 1. The molecule has 0 N–H and O–H groups in total. The van der Waals surface area contributed by atoms with Crippen molar-refractivity contribution >= 4 is 44.7 Å². The Morgan fingerprint density at radius 1 is 1.21 bits per heavy atom. The van der Waals surface area contributed by atoms with E-state index in [1.807, 2.05) is 58.1 Å². The van der Waals surface area contributed by atoms with Crippen molar-refractivity contribution in [2.45, 2.75) is 18.9 Å². The molecule has 0 spiro atoms. The van der Waals surface area contributed by atoms with Crippen molar-refractivity contribution in [2.24, 2.45) is 0 Å². The summed E-state index contributed by atoms with van der Waals surface area (Å²) in [6.07, 6.45) is 2.12. The Kier molecular flexibility index (Phi) is 6.59. The zero-order valence-corrected chi connectivity index (χ0v) is 20.6. The van der Waals surface area contributed by atoms with Crippen LogP contribution in [0.2, 0.25) is 0 Å². The molecule has 6 nitrogen and oxygen atoms in total. The average molecular weight is 481 g/mol. The van der Waals surface area contributed by atoms with Crippen molar-refractivity contribution in [3.8, 4) is 11.5 Å². The summed E-state index contributed by atoms with van der Waals surface area (Å²) >= 11 is 2.97. The maximum absolute atomic E-state index is 13.3. The number of benzene rings is 1. The lowest BCUT2D eigenvalue weighted by atomic mass is 10.2. The van der Waals surface area contributed by atoms with Crippen LogP contribution in [0.4, 0.5) is 5.13 Å². The van der Waals surface area contributed by atoms with Gasteiger partial charge in [0.15, 0.2) is 10.9 Å². The predicted molar refractivity (Wildman–Crippen MR) is 136 cm³/mol. The lowest BCUT2D eigenvalue weighted by Gasteiger charge is -2.22. The predicted octanol–water partition coefficient (Wildman–Crippen LogP) is 5.29. The van der Waals surface area contributed by atoms with Crippen LogP contribution in [0, 0.1) is 0 Å². The second kappa shape index (κ2) is 9.77. The molecule has 4 aromatic rings. The fourth-order valence-corrected chi connectivity index (χ4v) is 5.83. The van der Waals surface area contributed by atoms with E-state index in [9.17, 15) is 4.79 Å². The quantitative estimate of drug-likeness (QED) is 0.343. The first-order chi connectivity index (χ1) is 16.1. The molecule has 4 heterocycles. The van der Waals surface area contributed by atoms with Gasteiger partial charge in [-0.1, -0.05) is 24.3 Å². The average Bonchev–Trinajstić information content (AvgIpc) is 3.62. The minimum absolute atomic E-state index is 0.0168. The van der Waals surface area contributed by atoms with Gasteiger partial charge in [0, 0.05) is 29.9 Å². The third kappa shape index (κ3) is 4.89.